The fraction of sp³-hybridized carbons (Fsp3) is 0.333. The van der Waals surface area contributed by atoms with Crippen LogP contribution < -0.4 is 5.43 Å². The summed E-state index contributed by atoms with van der Waals surface area (Å²) >= 11 is 6.40. The molecule has 1 saturated heterocycles. The molecule has 25 heavy (non-hydrogen) atoms. The summed E-state index contributed by atoms with van der Waals surface area (Å²) in [6.45, 7) is 0. The second kappa shape index (κ2) is 7.93. The van der Waals surface area contributed by atoms with E-state index in [2.05, 4.69) is 5.43 Å². The highest BCUT2D eigenvalue weighted by molar-refractivity contribution is 8.26. The third kappa shape index (κ3) is 4.16. The monoisotopic (exact) mass is 374 g/mol. The van der Waals surface area contributed by atoms with Gasteiger partial charge in [-0.15, -0.1) is 0 Å². The molecule has 7 heteroatoms. The molecule has 2 fully saturated rings. The van der Waals surface area contributed by atoms with Crippen molar-refractivity contribution < 1.29 is 14.4 Å². The predicted molar refractivity (Wildman–Crippen MR) is 102 cm³/mol. The van der Waals surface area contributed by atoms with E-state index < -0.39 is 0 Å². The van der Waals surface area contributed by atoms with E-state index in [1.807, 2.05) is 0 Å². The van der Waals surface area contributed by atoms with Crippen LogP contribution in [0.15, 0.2) is 29.2 Å². The van der Waals surface area contributed by atoms with Crippen LogP contribution in [0, 0.1) is 5.92 Å². The van der Waals surface area contributed by atoms with Gasteiger partial charge in [-0.1, -0.05) is 55.3 Å². The summed E-state index contributed by atoms with van der Waals surface area (Å²) in [5, 5.41) is 1.17. The second-order valence-electron chi connectivity index (χ2n) is 6.11. The third-order valence-corrected chi connectivity index (χ3v) is 5.66. The maximum atomic E-state index is 12.5. The van der Waals surface area contributed by atoms with E-state index in [4.69, 9.17) is 12.2 Å². The van der Waals surface area contributed by atoms with Crippen molar-refractivity contribution in [3.63, 3.8) is 0 Å². The number of rotatable bonds is 4. The van der Waals surface area contributed by atoms with Crippen LogP contribution in [0.5, 0.6) is 0 Å². The highest BCUT2D eigenvalue weighted by Gasteiger charge is 2.35. The molecule has 0 bridgehead atoms. The first-order valence-electron chi connectivity index (χ1n) is 8.22. The maximum Gasteiger partial charge on any atom is 0.285 e. The van der Waals surface area contributed by atoms with Gasteiger partial charge in [0.05, 0.1) is 4.91 Å². The summed E-state index contributed by atoms with van der Waals surface area (Å²) in [6.07, 6.45) is 7.46. The first-order chi connectivity index (χ1) is 12.1. The zero-order valence-electron chi connectivity index (χ0n) is 13.6. The molecule has 5 nitrogen and oxygen atoms in total. The normalized spacial score (nSPS) is 20.2. The Morgan fingerprint density at radius 1 is 1.16 bits per heavy atom. The van der Waals surface area contributed by atoms with Crippen molar-refractivity contribution in [1.29, 1.82) is 0 Å². The minimum atomic E-state index is -0.321. The molecule has 1 heterocycles. The Morgan fingerprint density at radius 2 is 1.80 bits per heavy atom. The van der Waals surface area contributed by atoms with Gasteiger partial charge in [0.2, 0.25) is 5.91 Å². The quantitative estimate of drug-likeness (QED) is 0.498. The number of hydrazine groups is 1. The molecular weight excluding hydrogens is 356 g/mol. The van der Waals surface area contributed by atoms with Crippen molar-refractivity contribution in [2.45, 2.75) is 32.1 Å². The molecule has 0 spiro atoms. The molecule has 2 aliphatic rings. The number of amides is 2. The second-order valence-corrected chi connectivity index (χ2v) is 7.79. The van der Waals surface area contributed by atoms with Crippen LogP contribution in [-0.4, -0.2) is 27.4 Å². The summed E-state index contributed by atoms with van der Waals surface area (Å²) in [5.41, 5.74) is 4.05. The molecule has 2 amide bonds. The van der Waals surface area contributed by atoms with Gasteiger partial charge in [0, 0.05) is 11.5 Å². The number of hydrogen-bond donors (Lipinski definition) is 1. The lowest BCUT2D eigenvalue weighted by Gasteiger charge is -2.23. The van der Waals surface area contributed by atoms with E-state index in [1.54, 1.807) is 30.3 Å². The molecule has 1 aliphatic heterocycles. The van der Waals surface area contributed by atoms with Crippen LogP contribution in [0.2, 0.25) is 0 Å². The molecule has 0 atom stereocenters. The van der Waals surface area contributed by atoms with E-state index in [9.17, 15) is 14.4 Å². The van der Waals surface area contributed by atoms with Crippen molar-refractivity contribution in [2.24, 2.45) is 5.92 Å². The topological polar surface area (TPSA) is 66.5 Å². The number of nitrogens with zero attached hydrogens (tertiary/aromatic N) is 1. The highest BCUT2D eigenvalue weighted by atomic mass is 32.2. The van der Waals surface area contributed by atoms with Crippen LogP contribution in [0.3, 0.4) is 0 Å². The largest absolute Gasteiger partial charge is 0.298 e. The van der Waals surface area contributed by atoms with E-state index in [-0.39, 0.29) is 17.7 Å². The van der Waals surface area contributed by atoms with E-state index in [0.717, 1.165) is 55.7 Å². The van der Waals surface area contributed by atoms with Crippen molar-refractivity contribution in [2.75, 3.05) is 0 Å². The number of carbonyl (C=O) groups excluding carboxylic acids is 3. The van der Waals surface area contributed by atoms with Gasteiger partial charge in [-0.25, -0.2) is 0 Å². The number of hydrogen-bond acceptors (Lipinski definition) is 5. The van der Waals surface area contributed by atoms with Crippen molar-refractivity contribution >= 4 is 52.5 Å². The van der Waals surface area contributed by atoms with Crippen LogP contribution in [0.25, 0.3) is 6.08 Å². The Kier molecular flexibility index (Phi) is 5.65. The van der Waals surface area contributed by atoms with Gasteiger partial charge >= 0.3 is 0 Å². The smallest absolute Gasteiger partial charge is 0.285 e. The zero-order chi connectivity index (χ0) is 17.8. The summed E-state index contributed by atoms with van der Waals surface area (Å²) in [6, 6.07) is 6.89. The van der Waals surface area contributed by atoms with Crippen LogP contribution in [-0.2, 0) is 9.59 Å². The molecule has 0 radical (unpaired) electrons. The van der Waals surface area contributed by atoms with Gasteiger partial charge in [0.25, 0.3) is 5.91 Å². The van der Waals surface area contributed by atoms with E-state index in [1.165, 1.54) is 5.01 Å². The molecule has 1 saturated carbocycles. The molecule has 1 aliphatic carbocycles. The molecule has 130 valence electrons. The summed E-state index contributed by atoms with van der Waals surface area (Å²) in [7, 11) is 0. The molecule has 0 unspecified atom stereocenters. The Labute approximate surface area is 155 Å². The molecular formula is C18H18N2O3S2. The maximum absolute atomic E-state index is 12.5. The van der Waals surface area contributed by atoms with Crippen molar-refractivity contribution in [1.82, 2.24) is 10.4 Å². The average molecular weight is 374 g/mol. The highest BCUT2D eigenvalue weighted by Crippen LogP contribution is 2.32. The lowest BCUT2D eigenvalue weighted by atomic mass is 9.89. The Balaban J connectivity index is 1.69. The summed E-state index contributed by atoms with van der Waals surface area (Å²) < 4.78 is 0.324. The standard InChI is InChI=1S/C18H18N2O3S2/c21-11-13-8-6-12(7-9-13)10-15-17(23)20(18(24)25-15)19-16(22)14-4-2-1-3-5-14/h6-11,14H,1-5H2,(H,19,22)/b15-10-. The molecule has 0 aromatic heterocycles. The Bertz CT molecular complexity index is 737. The van der Waals surface area contributed by atoms with Crippen molar-refractivity contribution in [3.8, 4) is 0 Å². The van der Waals surface area contributed by atoms with Gasteiger partial charge in [-0.2, -0.15) is 5.01 Å². The van der Waals surface area contributed by atoms with Crippen LogP contribution in [0.1, 0.15) is 48.0 Å². The van der Waals surface area contributed by atoms with Gasteiger partial charge < -0.3 is 0 Å². The minimum absolute atomic E-state index is 0.0433. The number of thioether (sulfide) groups is 1. The number of aldehydes is 1. The minimum Gasteiger partial charge on any atom is -0.298 e. The Hall–Kier alpha value is -1.99. The predicted octanol–water partition coefficient (Wildman–Crippen LogP) is 3.31. The van der Waals surface area contributed by atoms with E-state index >= 15 is 0 Å². The summed E-state index contributed by atoms with van der Waals surface area (Å²) in [5.74, 6) is -0.496. The molecule has 1 N–H and O–H groups in total. The fourth-order valence-electron chi connectivity index (χ4n) is 2.95. The number of carbonyl (C=O) groups is 3. The van der Waals surface area contributed by atoms with Crippen LogP contribution >= 0.6 is 24.0 Å². The van der Waals surface area contributed by atoms with Gasteiger partial charge in [0.15, 0.2) is 4.32 Å². The lowest BCUT2D eigenvalue weighted by Crippen LogP contribution is -2.47. The van der Waals surface area contributed by atoms with Gasteiger partial charge in [-0.3, -0.25) is 19.8 Å². The molecule has 3 rings (SSSR count). The number of nitrogens with one attached hydrogen (secondary N) is 1. The summed E-state index contributed by atoms with van der Waals surface area (Å²) in [4.78, 5) is 36.0. The fourth-order valence-corrected chi connectivity index (χ4v) is 4.13. The van der Waals surface area contributed by atoms with Gasteiger partial charge in [-0.05, 0) is 36.7 Å². The zero-order valence-corrected chi connectivity index (χ0v) is 15.2. The molecule has 1 aromatic rings. The third-order valence-electron chi connectivity index (χ3n) is 4.36. The first-order valence-corrected chi connectivity index (χ1v) is 9.44. The van der Waals surface area contributed by atoms with Crippen molar-refractivity contribution in [3.05, 3.63) is 40.3 Å². The average Bonchev–Trinajstić information content (AvgIpc) is 2.90. The van der Waals surface area contributed by atoms with Gasteiger partial charge in [0.1, 0.15) is 6.29 Å². The molecule has 1 aromatic carbocycles. The lowest BCUT2D eigenvalue weighted by molar-refractivity contribution is -0.136. The van der Waals surface area contributed by atoms with E-state index in [0.29, 0.717) is 14.8 Å². The number of thiocarbonyl (C=S) groups is 1. The van der Waals surface area contributed by atoms with Crippen LogP contribution in [0.4, 0.5) is 0 Å². The number of benzene rings is 1. The SMILES string of the molecule is O=Cc1ccc(/C=C2\SC(=S)N(NC(=O)C3CCCCC3)C2=O)cc1. The Morgan fingerprint density at radius 3 is 2.44 bits per heavy atom. The first kappa shape index (κ1) is 17.8.